The van der Waals surface area contributed by atoms with E-state index in [9.17, 15) is 29.7 Å². The molecule has 0 unspecified atom stereocenters. The zero-order valence-corrected chi connectivity index (χ0v) is 20.8. The fraction of sp³-hybridized carbons (Fsp3) is 0.808. The Hall–Kier alpha value is -1.57. The van der Waals surface area contributed by atoms with Crippen LogP contribution in [-0.2, 0) is 19.1 Å². The average Bonchev–Trinajstić information content (AvgIpc) is 3.18. The molecule has 33 heavy (non-hydrogen) atoms. The summed E-state index contributed by atoms with van der Waals surface area (Å²) >= 11 is 0. The largest absolute Gasteiger partial charge is 0.490 e. The summed E-state index contributed by atoms with van der Waals surface area (Å²) in [7, 11) is 0. The topological polar surface area (TPSA) is 121 Å². The highest BCUT2D eigenvalue weighted by atomic mass is 16.5. The summed E-state index contributed by atoms with van der Waals surface area (Å²) in [6, 6.07) is 0. The molecular weight excluding hydrogens is 424 g/mol. The van der Waals surface area contributed by atoms with E-state index in [0.29, 0.717) is 12.8 Å². The first-order valence-electron chi connectivity index (χ1n) is 12.1. The molecule has 7 heteroatoms. The molecule has 1 spiro atoms. The molecular formula is C26H38O7. The van der Waals surface area contributed by atoms with Crippen molar-refractivity contribution in [3.63, 3.8) is 0 Å². The molecule has 1 heterocycles. The number of carbonyl (C=O) groups excluding carboxylic acids is 3. The molecule has 0 amide bonds. The van der Waals surface area contributed by atoms with E-state index in [0.717, 1.165) is 0 Å². The predicted octanol–water partition coefficient (Wildman–Crippen LogP) is 2.49. The number of Topliss-reactive ketones (excluding diaryl/α,β-unsaturated/α-hetero) is 3. The number of ketones is 3. The van der Waals surface area contributed by atoms with Gasteiger partial charge in [-0.15, -0.1) is 0 Å². The second-order valence-electron chi connectivity index (χ2n) is 12.6. The van der Waals surface area contributed by atoms with Crippen LogP contribution in [0.15, 0.2) is 11.3 Å². The number of hydrogen-bond acceptors (Lipinski definition) is 7. The Kier molecular flexibility index (Phi) is 5.20. The molecule has 184 valence electrons. The molecule has 0 aromatic heterocycles. The van der Waals surface area contributed by atoms with E-state index in [1.807, 2.05) is 0 Å². The number of allylic oxidation sites excluding steroid dienone is 2. The summed E-state index contributed by atoms with van der Waals surface area (Å²) in [5.74, 6) is -2.48. The highest BCUT2D eigenvalue weighted by Gasteiger charge is 2.71. The lowest BCUT2D eigenvalue weighted by molar-refractivity contribution is -0.171. The van der Waals surface area contributed by atoms with E-state index >= 15 is 0 Å². The normalized spacial score (nSPS) is 45.5. The van der Waals surface area contributed by atoms with E-state index < -0.39 is 57.1 Å². The number of aliphatic hydroxyl groups is 3. The van der Waals surface area contributed by atoms with Gasteiger partial charge in [0.25, 0.3) is 0 Å². The molecule has 0 aromatic rings. The van der Waals surface area contributed by atoms with Crippen molar-refractivity contribution in [1.29, 1.82) is 0 Å². The fourth-order valence-electron chi connectivity index (χ4n) is 7.10. The van der Waals surface area contributed by atoms with Gasteiger partial charge in [-0.05, 0) is 72.1 Å². The van der Waals surface area contributed by atoms with Gasteiger partial charge in [0, 0.05) is 12.3 Å². The zero-order chi connectivity index (χ0) is 24.9. The summed E-state index contributed by atoms with van der Waals surface area (Å²) in [4.78, 5) is 41.8. The third kappa shape index (κ3) is 3.29. The zero-order valence-electron chi connectivity index (χ0n) is 20.8. The minimum atomic E-state index is -1.62. The molecule has 0 radical (unpaired) electrons. The Morgan fingerprint density at radius 3 is 2.21 bits per heavy atom. The molecule has 1 saturated heterocycles. The van der Waals surface area contributed by atoms with Crippen molar-refractivity contribution in [3.05, 3.63) is 11.3 Å². The number of rotatable bonds is 3. The van der Waals surface area contributed by atoms with Gasteiger partial charge in [-0.2, -0.15) is 0 Å². The third-order valence-corrected chi connectivity index (χ3v) is 9.01. The second-order valence-corrected chi connectivity index (χ2v) is 12.6. The lowest BCUT2D eigenvalue weighted by Crippen LogP contribution is -2.62. The molecule has 3 N–H and O–H groups in total. The summed E-state index contributed by atoms with van der Waals surface area (Å²) in [6.07, 6.45) is 0.496. The van der Waals surface area contributed by atoms with Crippen LogP contribution in [0, 0.1) is 28.6 Å². The first-order chi connectivity index (χ1) is 14.9. The van der Waals surface area contributed by atoms with Crippen LogP contribution in [0.5, 0.6) is 0 Å². The minimum absolute atomic E-state index is 0.0638. The van der Waals surface area contributed by atoms with E-state index in [1.165, 1.54) is 0 Å². The highest BCUT2D eigenvalue weighted by Crippen LogP contribution is 2.64. The van der Waals surface area contributed by atoms with Crippen LogP contribution in [0.3, 0.4) is 0 Å². The molecule has 0 bridgehead atoms. The van der Waals surface area contributed by atoms with Gasteiger partial charge >= 0.3 is 0 Å². The number of ether oxygens (including phenoxy) is 1. The van der Waals surface area contributed by atoms with Crippen molar-refractivity contribution in [2.45, 2.75) is 103 Å². The van der Waals surface area contributed by atoms with Crippen molar-refractivity contribution in [3.8, 4) is 0 Å². The van der Waals surface area contributed by atoms with Crippen LogP contribution >= 0.6 is 0 Å². The maximum absolute atomic E-state index is 14.3. The lowest BCUT2D eigenvalue weighted by atomic mass is 9.49. The molecule has 4 rings (SSSR count). The first kappa shape index (κ1) is 24.6. The van der Waals surface area contributed by atoms with E-state index in [4.69, 9.17) is 4.74 Å². The lowest BCUT2D eigenvalue weighted by Gasteiger charge is -2.53. The van der Waals surface area contributed by atoms with Gasteiger partial charge in [-0.3, -0.25) is 14.4 Å². The van der Waals surface area contributed by atoms with Crippen LogP contribution in [-0.4, -0.2) is 55.6 Å². The Labute approximate surface area is 195 Å². The first-order valence-corrected chi connectivity index (χ1v) is 12.1. The van der Waals surface area contributed by atoms with Crippen molar-refractivity contribution < 1.29 is 34.4 Å². The maximum Gasteiger partial charge on any atom is 0.183 e. The summed E-state index contributed by atoms with van der Waals surface area (Å²) < 4.78 is 6.03. The molecule has 7 nitrogen and oxygen atoms in total. The second kappa shape index (κ2) is 6.98. The number of hydrogen-bond donors (Lipinski definition) is 3. The number of carbonyl (C=O) groups is 3. The summed E-state index contributed by atoms with van der Waals surface area (Å²) in [5.41, 5.74) is -6.73. The van der Waals surface area contributed by atoms with Gasteiger partial charge in [0.1, 0.15) is 17.4 Å². The van der Waals surface area contributed by atoms with Gasteiger partial charge < -0.3 is 20.1 Å². The molecule has 0 aromatic carbocycles. The van der Waals surface area contributed by atoms with Gasteiger partial charge in [-0.25, -0.2) is 0 Å². The molecule has 4 aliphatic rings. The number of fused-ring (bicyclic) bond motifs is 2. The molecule has 3 aliphatic carbocycles. The van der Waals surface area contributed by atoms with Crippen LogP contribution in [0.25, 0.3) is 0 Å². The summed E-state index contributed by atoms with van der Waals surface area (Å²) in [5, 5.41) is 33.2. The molecule has 7 atom stereocenters. The Morgan fingerprint density at radius 1 is 1.06 bits per heavy atom. The van der Waals surface area contributed by atoms with Crippen LogP contribution in [0.2, 0.25) is 0 Å². The van der Waals surface area contributed by atoms with Gasteiger partial charge in [0.2, 0.25) is 0 Å². The molecule has 1 aliphatic heterocycles. The maximum atomic E-state index is 14.3. The SMILES string of the molecule is CC(C)C(=O)C1=C2O[C@H](C(C)(C)O)C[C@]2(C)C(=O)[C@]2(C[C@H]3[C@@H](CC[C@@]3(C)O)[C@](C)(O)C2)C1=O. The van der Waals surface area contributed by atoms with Gasteiger partial charge in [0.15, 0.2) is 17.3 Å². The third-order valence-electron chi connectivity index (χ3n) is 9.01. The van der Waals surface area contributed by atoms with Crippen molar-refractivity contribution in [2.24, 2.45) is 28.6 Å². The minimum Gasteiger partial charge on any atom is -0.490 e. The van der Waals surface area contributed by atoms with Crippen molar-refractivity contribution in [1.82, 2.24) is 0 Å². The van der Waals surface area contributed by atoms with Crippen LogP contribution in [0.1, 0.15) is 80.6 Å². The van der Waals surface area contributed by atoms with Crippen LogP contribution in [0.4, 0.5) is 0 Å². The fourth-order valence-corrected chi connectivity index (χ4v) is 7.10. The van der Waals surface area contributed by atoms with Gasteiger partial charge in [-0.1, -0.05) is 13.8 Å². The molecule has 2 saturated carbocycles. The summed E-state index contributed by atoms with van der Waals surface area (Å²) in [6.45, 7) is 11.6. The van der Waals surface area contributed by atoms with Crippen LogP contribution < -0.4 is 0 Å². The van der Waals surface area contributed by atoms with E-state index in [2.05, 4.69) is 0 Å². The Balaban J connectivity index is 1.92. The average molecular weight is 463 g/mol. The van der Waals surface area contributed by atoms with E-state index in [1.54, 1.807) is 48.5 Å². The Morgan fingerprint density at radius 2 is 1.67 bits per heavy atom. The monoisotopic (exact) mass is 462 g/mol. The molecule has 3 fully saturated rings. The quantitative estimate of drug-likeness (QED) is 0.435. The smallest absolute Gasteiger partial charge is 0.183 e. The Bertz CT molecular complexity index is 950. The predicted molar refractivity (Wildman–Crippen MR) is 120 cm³/mol. The highest BCUT2D eigenvalue weighted by molar-refractivity contribution is 6.31. The van der Waals surface area contributed by atoms with Crippen molar-refractivity contribution in [2.75, 3.05) is 0 Å². The van der Waals surface area contributed by atoms with Gasteiger partial charge in [0.05, 0.1) is 27.6 Å². The van der Waals surface area contributed by atoms with E-state index in [-0.39, 0.29) is 42.3 Å². The standard InChI is InChI=1S/C26H38O7/c1-13(2)18(27)17-19(28)26(10-15-14(25(7,32)12-26)8-9-24(15,6)31)21(29)23(5)11-16(22(3,4)30)33-20(17)23/h13-16,30-32H,8-12H2,1-7H3/t14-,15+,16+,23+,24-,25-,26+/m1/s1. The van der Waals surface area contributed by atoms with Crippen molar-refractivity contribution >= 4 is 17.3 Å².